The molecule has 38 heavy (non-hydrogen) atoms. The standard InChI is InChI=1S/C28H26F3N5O2/c1-27(2)14-24(37)36(3)22-13-17(8-10-19(22)27)33-26-18-9-7-16(12-21(18)34-23(35-26)15-38-4)25-20(28(29,30)31)6-5-11-32-25/h5-13H,14-15H2,1-4H3,(H,33,34,35). The Kier molecular flexibility index (Phi) is 6.30. The summed E-state index contributed by atoms with van der Waals surface area (Å²) in [6.07, 6.45) is -2.79. The van der Waals surface area contributed by atoms with Crippen molar-refractivity contribution in [3.05, 3.63) is 71.7 Å². The van der Waals surface area contributed by atoms with Crippen LogP contribution in [0.5, 0.6) is 0 Å². The van der Waals surface area contributed by atoms with Crippen LogP contribution in [0.3, 0.4) is 0 Å². The van der Waals surface area contributed by atoms with Crippen molar-refractivity contribution in [2.24, 2.45) is 0 Å². The molecule has 0 spiro atoms. The van der Waals surface area contributed by atoms with Crippen LogP contribution in [0.25, 0.3) is 22.2 Å². The molecule has 0 saturated heterocycles. The number of ether oxygens (including phenoxy) is 1. The number of nitrogens with zero attached hydrogens (tertiary/aromatic N) is 4. The Morgan fingerprint density at radius 2 is 1.89 bits per heavy atom. The SMILES string of the molecule is COCc1nc(Nc2ccc3c(c2)N(C)C(=O)CC3(C)C)c2ccc(-c3ncccc3C(F)(F)F)cc2n1. The third kappa shape index (κ3) is 4.67. The fourth-order valence-corrected chi connectivity index (χ4v) is 4.80. The van der Waals surface area contributed by atoms with Gasteiger partial charge in [-0.25, -0.2) is 9.97 Å². The molecule has 10 heteroatoms. The van der Waals surface area contributed by atoms with E-state index in [1.807, 2.05) is 32.0 Å². The van der Waals surface area contributed by atoms with Gasteiger partial charge in [-0.1, -0.05) is 26.0 Å². The Bertz CT molecular complexity index is 1550. The fraction of sp³-hybridized carbons (Fsp3) is 0.286. The molecule has 0 radical (unpaired) electrons. The monoisotopic (exact) mass is 521 g/mol. The Labute approximate surface area is 217 Å². The van der Waals surface area contributed by atoms with Gasteiger partial charge in [-0.05, 0) is 42.0 Å². The molecule has 5 rings (SSSR count). The van der Waals surface area contributed by atoms with Crippen LogP contribution >= 0.6 is 0 Å². The molecule has 1 aliphatic heterocycles. The van der Waals surface area contributed by atoms with Gasteiger partial charge in [-0.2, -0.15) is 13.2 Å². The molecule has 2 aromatic carbocycles. The number of benzene rings is 2. The lowest BCUT2D eigenvalue weighted by atomic mass is 9.77. The summed E-state index contributed by atoms with van der Waals surface area (Å²) in [5.74, 6) is 0.868. The maximum atomic E-state index is 13.6. The number of rotatable bonds is 5. The molecule has 1 N–H and O–H groups in total. The van der Waals surface area contributed by atoms with Crippen LogP contribution in [0.2, 0.25) is 0 Å². The van der Waals surface area contributed by atoms with Crippen molar-refractivity contribution < 1.29 is 22.7 Å². The number of methoxy groups -OCH3 is 1. The average Bonchev–Trinajstić information content (AvgIpc) is 2.86. The molecule has 1 aliphatic rings. The number of nitrogens with one attached hydrogen (secondary N) is 1. The second kappa shape index (κ2) is 9.36. The fourth-order valence-electron chi connectivity index (χ4n) is 4.80. The number of anilines is 3. The zero-order valence-corrected chi connectivity index (χ0v) is 21.3. The number of carbonyl (C=O) groups excluding carboxylic acids is 1. The molecule has 0 atom stereocenters. The van der Waals surface area contributed by atoms with E-state index in [4.69, 9.17) is 4.74 Å². The Balaban J connectivity index is 1.60. The topological polar surface area (TPSA) is 80.2 Å². The summed E-state index contributed by atoms with van der Waals surface area (Å²) in [6, 6.07) is 12.9. The Morgan fingerprint density at radius 3 is 2.63 bits per heavy atom. The number of aromatic nitrogens is 3. The highest BCUT2D eigenvalue weighted by Gasteiger charge is 2.36. The Hall–Kier alpha value is -4.05. The molecule has 1 amide bonds. The first-order valence-electron chi connectivity index (χ1n) is 12.0. The van der Waals surface area contributed by atoms with Gasteiger partial charge in [0.05, 0.1) is 16.8 Å². The van der Waals surface area contributed by atoms with Crippen molar-refractivity contribution in [2.75, 3.05) is 24.4 Å². The number of hydrogen-bond acceptors (Lipinski definition) is 6. The van der Waals surface area contributed by atoms with Crippen LogP contribution in [0.4, 0.5) is 30.4 Å². The third-order valence-electron chi connectivity index (χ3n) is 6.72. The van der Waals surface area contributed by atoms with E-state index >= 15 is 0 Å². The molecule has 0 saturated carbocycles. The van der Waals surface area contributed by atoms with Crippen molar-refractivity contribution in [1.29, 1.82) is 0 Å². The van der Waals surface area contributed by atoms with Gasteiger partial charge in [0.15, 0.2) is 5.82 Å². The summed E-state index contributed by atoms with van der Waals surface area (Å²) in [4.78, 5) is 27.3. The third-order valence-corrected chi connectivity index (χ3v) is 6.72. The second-order valence-electron chi connectivity index (χ2n) is 9.92. The van der Waals surface area contributed by atoms with E-state index < -0.39 is 11.7 Å². The minimum Gasteiger partial charge on any atom is -0.377 e. The van der Waals surface area contributed by atoms with Crippen LogP contribution in [-0.2, 0) is 27.7 Å². The quantitative estimate of drug-likeness (QED) is 0.335. The lowest BCUT2D eigenvalue weighted by molar-refractivity contribution is -0.137. The van der Waals surface area contributed by atoms with Gasteiger partial charge in [0.2, 0.25) is 5.91 Å². The van der Waals surface area contributed by atoms with Crippen LogP contribution in [0.15, 0.2) is 54.7 Å². The van der Waals surface area contributed by atoms with E-state index in [1.54, 1.807) is 30.1 Å². The molecule has 7 nitrogen and oxygen atoms in total. The van der Waals surface area contributed by atoms with Crippen molar-refractivity contribution in [3.8, 4) is 11.3 Å². The molecular formula is C28H26F3N5O2. The van der Waals surface area contributed by atoms with Gasteiger partial charge in [0.1, 0.15) is 12.4 Å². The average molecular weight is 522 g/mol. The van der Waals surface area contributed by atoms with Crippen LogP contribution in [0, 0.1) is 0 Å². The highest BCUT2D eigenvalue weighted by molar-refractivity contribution is 5.98. The van der Waals surface area contributed by atoms with Gasteiger partial charge in [-0.3, -0.25) is 9.78 Å². The molecule has 4 aromatic rings. The van der Waals surface area contributed by atoms with E-state index in [1.165, 1.54) is 19.4 Å². The number of fused-ring (bicyclic) bond motifs is 2. The summed E-state index contributed by atoms with van der Waals surface area (Å²) in [7, 11) is 3.27. The first kappa shape index (κ1) is 25.6. The van der Waals surface area contributed by atoms with Gasteiger partial charge >= 0.3 is 6.18 Å². The van der Waals surface area contributed by atoms with E-state index in [0.29, 0.717) is 34.7 Å². The van der Waals surface area contributed by atoms with Gasteiger partial charge in [0, 0.05) is 54.5 Å². The highest BCUT2D eigenvalue weighted by Crippen LogP contribution is 2.42. The zero-order chi connectivity index (χ0) is 27.2. The van der Waals surface area contributed by atoms with E-state index in [9.17, 15) is 18.0 Å². The number of carbonyl (C=O) groups is 1. The minimum atomic E-state index is -4.55. The number of hydrogen-bond donors (Lipinski definition) is 1. The predicted molar refractivity (Wildman–Crippen MR) is 139 cm³/mol. The number of halogens is 3. The summed E-state index contributed by atoms with van der Waals surface area (Å²) in [6.45, 7) is 4.20. The number of amides is 1. The van der Waals surface area contributed by atoms with Gasteiger partial charge in [0.25, 0.3) is 0 Å². The zero-order valence-electron chi connectivity index (χ0n) is 21.3. The van der Waals surface area contributed by atoms with Crippen molar-refractivity contribution in [3.63, 3.8) is 0 Å². The molecule has 2 aromatic heterocycles. The number of pyridine rings is 1. The van der Waals surface area contributed by atoms with Crippen molar-refractivity contribution >= 4 is 34.0 Å². The van der Waals surface area contributed by atoms with Crippen LogP contribution < -0.4 is 10.2 Å². The van der Waals surface area contributed by atoms with E-state index in [0.717, 1.165) is 17.3 Å². The van der Waals surface area contributed by atoms with E-state index in [2.05, 4.69) is 20.3 Å². The van der Waals surface area contributed by atoms with Crippen LogP contribution in [-0.4, -0.2) is 35.0 Å². The summed E-state index contributed by atoms with van der Waals surface area (Å²) >= 11 is 0. The summed E-state index contributed by atoms with van der Waals surface area (Å²) < 4.78 is 46.1. The van der Waals surface area contributed by atoms with Crippen molar-refractivity contribution in [2.45, 2.75) is 38.5 Å². The lowest BCUT2D eigenvalue weighted by Crippen LogP contribution is -2.39. The highest BCUT2D eigenvalue weighted by atomic mass is 19.4. The Morgan fingerprint density at radius 1 is 1.11 bits per heavy atom. The molecule has 0 aliphatic carbocycles. The second-order valence-corrected chi connectivity index (χ2v) is 9.92. The smallest absolute Gasteiger partial charge is 0.377 e. The van der Waals surface area contributed by atoms with Gasteiger partial charge < -0.3 is 15.0 Å². The molecule has 0 fully saturated rings. The largest absolute Gasteiger partial charge is 0.418 e. The molecular weight excluding hydrogens is 495 g/mol. The lowest BCUT2D eigenvalue weighted by Gasteiger charge is -2.37. The maximum Gasteiger partial charge on any atom is 0.418 e. The normalized spacial score (nSPS) is 15.0. The van der Waals surface area contributed by atoms with Crippen molar-refractivity contribution in [1.82, 2.24) is 15.0 Å². The number of alkyl halides is 3. The molecule has 3 heterocycles. The molecule has 0 unspecified atom stereocenters. The molecule has 0 bridgehead atoms. The minimum absolute atomic E-state index is 0.0368. The maximum absolute atomic E-state index is 13.6. The van der Waals surface area contributed by atoms with E-state index in [-0.39, 0.29) is 29.2 Å². The van der Waals surface area contributed by atoms with Crippen LogP contribution in [0.1, 0.15) is 37.2 Å². The first-order chi connectivity index (χ1) is 18.0. The first-order valence-corrected chi connectivity index (χ1v) is 12.0. The van der Waals surface area contributed by atoms with Gasteiger partial charge in [-0.15, -0.1) is 0 Å². The summed E-state index contributed by atoms with van der Waals surface area (Å²) in [5.41, 5.74) is 2.03. The summed E-state index contributed by atoms with van der Waals surface area (Å²) in [5, 5.41) is 3.92. The molecule has 196 valence electrons. The predicted octanol–water partition coefficient (Wildman–Crippen LogP) is 6.24.